The van der Waals surface area contributed by atoms with Gasteiger partial charge in [0.25, 0.3) is 5.91 Å². The predicted octanol–water partition coefficient (Wildman–Crippen LogP) is 0.561. The first-order valence-corrected chi connectivity index (χ1v) is 6.59. The molecule has 1 amide bonds. The second-order valence-corrected chi connectivity index (χ2v) is 4.97. The Morgan fingerprint density at radius 1 is 0.909 bits per heavy atom. The second kappa shape index (κ2) is 4.88. The van der Waals surface area contributed by atoms with E-state index in [-0.39, 0.29) is 5.70 Å². The fourth-order valence-corrected chi connectivity index (χ4v) is 2.42. The number of primary amides is 1. The van der Waals surface area contributed by atoms with Gasteiger partial charge in [0.1, 0.15) is 5.70 Å². The molecule has 0 bridgehead atoms. The molecule has 0 unspecified atom stereocenters. The van der Waals surface area contributed by atoms with E-state index in [9.17, 15) is 4.79 Å². The summed E-state index contributed by atoms with van der Waals surface area (Å²) >= 11 is 0. The van der Waals surface area contributed by atoms with E-state index in [0.717, 1.165) is 16.8 Å². The maximum atomic E-state index is 11.4. The van der Waals surface area contributed by atoms with Gasteiger partial charge in [0.05, 0.1) is 22.8 Å². The molecule has 0 spiro atoms. The van der Waals surface area contributed by atoms with Crippen LogP contribution in [0.3, 0.4) is 0 Å². The maximum absolute atomic E-state index is 11.4. The highest BCUT2D eigenvalue weighted by atomic mass is 16.1. The SMILES string of the molecule is NC(=O)C1=C(N)c2cccc(-c3ccc(N)c(N)c3)c2NN1. The van der Waals surface area contributed by atoms with Crippen LogP contribution in [0.15, 0.2) is 42.1 Å². The van der Waals surface area contributed by atoms with E-state index in [1.165, 1.54) is 0 Å². The quantitative estimate of drug-likeness (QED) is 0.446. The summed E-state index contributed by atoms with van der Waals surface area (Å²) in [5.41, 5.74) is 33.3. The Balaban J connectivity index is 2.18. The standard InChI is InChI=1S/C15H16N6O/c16-10-5-4-7(6-11(10)17)8-2-1-3-9-12(18)14(15(19)22)21-20-13(8)9/h1-6,20-21H,16-18H2,(H2,19,22). The number of benzene rings is 2. The van der Waals surface area contributed by atoms with Gasteiger partial charge in [0, 0.05) is 11.1 Å². The maximum Gasteiger partial charge on any atom is 0.268 e. The number of hydrazine groups is 1. The molecular weight excluding hydrogens is 280 g/mol. The molecule has 0 aromatic heterocycles. The van der Waals surface area contributed by atoms with E-state index in [1.807, 2.05) is 24.3 Å². The lowest BCUT2D eigenvalue weighted by Gasteiger charge is -2.25. The summed E-state index contributed by atoms with van der Waals surface area (Å²) in [6.45, 7) is 0. The first-order valence-electron chi connectivity index (χ1n) is 6.59. The molecule has 1 aliphatic heterocycles. The van der Waals surface area contributed by atoms with Crippen LogP contribution in [0.2, 0.25) is 0 Å². The van der Waals surface area contributed by atoms with Gasteiger partial charge in [0.2, 0.25) is 0 Å². The smallest absolute Gasteiger partial charge is 0.268 e. The van der Waals surface area contributed by atoms with Gasteiger partial charge in [-0.2, -0.15) is 0 Å². The number of anilines is 3. The van der Waals surface area contributed by atoms with Crippen molar-refractivity contribution in [3.05, 3.63) is 47.7 Å². The van der Waals surface area contributed by atoms with Gasteiger partial charge in [0.15, 0.2) is 0 Å². The average molecular weight is 296 g/mol. The van der Waals surface area contributed by atoms with Crippen LogP contribution >= 0.6 is 0 Å². The van der Waals surface area contributed by atoms with Crippen LogP contribution in [0.5, 0.6) is 0 Å². The van der Waals surface area contributed by atoms with Crippen LogP contribution in [0.1, 0.15) is 5.56 Å². The zero-order valence-electron chi connectivity index (χ0n) is 11.7. The summed E-state index contributed by atoms with van der Waals surface area (Å²) in [7, 11) is 0. The lowest BCUT2D eigenvalue weighted by atomic mass is 9.96. The van der Waals surface area contributed by atoms with Crippen molar-refractivity contribution < 1.29 is 4.79 Å². The van der Waals surface area contributed by atoms with Gasteiger partial charge in [-0.1, -0.05) is 24.3 Å². The predicted molar refractivity (Wildman–Crippen MR) is 87.8 cm³/mol. The fraction of sp³-hybridized carbons (Fsp3) is 0. The Labute approximate surface area is 126 Å². The molecule has 2 aromatic carbocycles. The molecule has 22 heavy (non-hydrogen) atoms. The molecule has 10 N–H and O–H groups in total. The van der Waals surface area contributed by atoms with Crippen molar-refractivity contribution in [1.29, 1.82) is 0 Å². The molecule has 0 saturated carbocycles. The number of nitrogen functional groups attached to an aromatic ring is 2. The molecule has 0 aliphatic carbocycles. The minimum absolute atomic E-state index is 0.140. The van der Waals surface area contributed by atoms with Crippen molar-refractivity contribution in [2.75, 3.05) is 16.9 Å². The van der Waals surface area contributed by atoms with Crippen LogP contribution in [0.4, 0.5) is 17.1 Å². The van der Waals surface area contributed by atoms with E-state index in [0.29, 0.717) is 22.6 Å². The first kappa shape index (κ1) is 13.6. The second-order valence-electron chi connectivity index (χ2n) is 4.97. The summed E-state index contributed by atoms with van der Waals surface area (Å²) in [6, 6.07) is 11.0. The molecule has 0 radical (unpaired) electrons. The molecule has 7 nitrogen and oxygen atoms in total. The molecule has 3 rings (SSSR count). The van der Waals surface area contributed by atoms with Crippen LogP contribution in [-0.2, 0) is 4.79 Å². The molecule has 112 valence electrons. The number of rotatable bonds is 2. The van der Waals surface area contributed by atoms with Gasteiger partial charge >= 0.3 is 0 Å². The van der Waals surface area contributed by atoms with Gasteiger partial charge in [-0.05, 0) is 17.7 Å². The number of fused-ring (bicyclic) bond motifs is 1. The molecule has 0 saturated heterocycles. The van der Waals surface area contributed by atoms with Crippen molar-refractivity contribution in [2.24, 2.45) is 11.5 Å². The number of nitrogens with two attached hydrogens (primary N) is 4. The van der Waals surface area contributed by atoms with Gasteiger partial charge < -0.3 is 22.9 Å². The van der Waals surface area contributed by atoms with E-state index in [1.54, 1.807) is 12.1 Å². The van der Waals surface area contributed by atoms with E-state index >= 15 is 0 Å². The summed E-state index contributed by atoms with van der Waals surface area (Å²) < 4.78 is 0. The number of amides is 1. The number of carbonyl (C=O) groups is 1. The molecule has 7 heteroatoms. The lowest BCUT2D eigenvalue weighted by molar-refractivity contribution is -0.114. The zero-order valence-corrected chi connectivity index (χ0v) is 11.7. The number of hydrogen-bond acceptors (Lipinski definition) is 6. The topological polar surface area (TPSA) is 145 Å². The van der Waals surface area contributed by atoms with Crippen LogP contribution in [0.25, 0.3) is 16.8 Å². The third kappa shape index (κ3) is 2.05. The van der Waals surface area contributed by atoms with Crippen molar-refractivity contribution in [3.8, 4) is 11.1 Å². The highest BCUT2D eigenvalue weighted by Gasteiger charge is 2.22. The van der Waals surface area contributed by atoms with Crippen LogP contribution in [0, 0.1) is 0 Å². The summed E-state index contributed by atoms with van der Waals surface area (Å²) in [5.74, 6) is -0.627. The monoisotopic (exact) mass is 296 g/mol. The summed E-state index contributed by atoms with van der Waals surface area (Å²) in [5, 5.41) is 0. The Morgan fingerprint density at radius 2 is 1.64 bits per heavy atom. The van der Waals surface area contributed by atoms with Crippen LogP contribution < -0.4 is 33.8 Å². The zero-order chi connectivity index (χ0) is 15.9. The third-order valence-electron chi connectivity index (χ3n) is 3.58. The summed E-state index contributed by atoms with van der Waals surface area (Å²) in [4.78, 5) is 11.4. The number of carbonyl (C=O) groups excluding carboxylic acids is 1. The Bertz CT molecular complexity index is 812. The minimum atomic E-state index is -0.627. The average Bonchev–Trinajstić information content (AvgIpc) is 2.50. The fourth-order valence-electron chi connectivity index (χ4n) is 2.42. The van der Waals surface area contributed by atoms with E-state index in [2.05, 4.69) is 10.9 Å². The van der Waals surface area contributed by atoms with Crippen molar-refractivity contribution in [3.63, 3.8) is 0 Å². The Kier molecular flexibility index (Phi) is 3.03. The number of hydrogen-bond donors (Lipinski definition) is 6. The lowest BCUT2D eigenvalue weighted by Crippen LogP contribution is -2.36. The van der Waals surface area contributed by atoms with Gasteiger partial charge in [-0.3, -0.25) is 15.6 Å². The molecule has 2 aromatic rings. The molecule has 1 heterocycles. The molecule has 1 aliphatic rings. The Hall–Kier alpha value is -3.35. The van der Waals surface area contributed by atoms with Gasteiger partial charge in [-0.25, -0.2) is 0 Å². The van der Waals surface area contributed by atoms with E-state index in [4.69, 9.17) is 22.9 Å². The van der Waals surface area contributed by atoms with Crippen molar-refractivity contribution in [2.45, 2.75) is 0 Å². The third-order valence-corrected chi connectivity index (χ3v) is 3.58. The highest BCUT2D eigenvalue weighted by Crippen LogP contribution is 2.36. The van der Waals surface area contributed by atoms with Gasteiger partial charge in [-0.15, -0.1) is 0 Å². The first-order chi connectivity index (χ1) is 10.5. The van der Waals surface area contributed by atoms with E-state index < -0.39 is 5.91 Å². The van der Waals surface area contributed by atoms with Crippen molar-refractivity contribution in [1.82, 2.24) is 5.43 Å². The number of para-hydroxylation sites is 1. The van der Waals surface area contributed by atoms with Crippen molar-refractivity contribution >= 4 is 28.7 Å². The molecule has 0 atom stereocenters. The Morgan fingerprint density at radius 3 is 2.32 bits per heavy atom. The number of nitrogens with one attached hydrogen (secondary N) is 2. The summed E-state index contributed by atoms with van der Waals surface area (Å²) in [6.07, 6.45) is 0. The normalized spacial score (nSPS) is 13.1. The minimum Gasteiger partial charge on any atom is -0.397 e. The molecular formula is C15H16N6O. The largest absolute Gasteiger partial charge is 0.397 e. The van der Waals surface area contributed by atoms with Crippen LogP contribution in [-0.4, -0.2) is 5.91 Å². The highest BCUT2D eigenvalue weighted by molar-refractivity contribution is 6.03. The molecule has 0 fully saturated rings.